The lowest BCUT2D eigenvalue weighted by Crippen LogP contribution is -2.11. The number of allylic oxidation sites excluding steroid dienone is 10. The van der Waals surface area contributed by atoms with Gasteiger partial charge in [0.15, 0.2) is 0 Å². The van der Waals surface area contributed by atoms with Crippen molar-refractivity contribution < 1.29 is 9.90 Å². The number of aliphatic carboxylic acids is 1. The number of hydrogen-bond donors (Lipinski definition) is 1. The molecule has 140 valence electrons. The quantitative estimate of drug-likeness (QED) is 0.256. The Hall–Kier alpha value is -1.83. The molecular weight excluding hydrogens is 308 g/mol. The van der Waals surface area contributed by atoms with E-state index < -0.39 is 5.97 Å². The maximum atomic E-state index is 10.9. The van der Waals surface area contributed by atoms with Crippen LogP contribution >= 0.6 is 0 Å². The molecule has 1 atom stereocenters. The summed E-state index contributed by atoms with van der Waals surface area (Å²) in [5, 5.41) is 8.97. The van der Waals surface area contributed by atoms with Gasteiger partial charge in [0.2, 0.25) is 0 Å². The van der Waals surface area contributed by atoms with E-state index in [1.165, 1.54) is 0 Å². The molecule has 2 heteroatoms. The Bertz CT molecular complexity index is 453. The Morgan fingerprint density at radius 2 is 1.20 bits per heavy atom. The van der Waals surface area contributed by atoms with Gasteiger partial charge in [-0.25, -0.2) is 0 Å². The van der Waals surface area contributed by atoms with Gasteiger partial charge in [0.25, 0.3) is 0 Å². The lowest BCUT2D eigenvalue weighted by Gasteiger charge is -2.07. The smallest absolute Gasteiger partial charge is 0.306 e. The highest BCUT2D eigenvalue weighted by molar-refractivity contribution is 5.69. The van der Waals surface area contributed by atoms with Crippen LogP contribution in [0.2, 0.25) is 0 Å². The number of carboxylic acid groups (broad SMARTS) is 1. The molecule has 0 amide bonds. The maximum Gasteiger partial charge on any atom is 0.306 e. The first-order valence-corrected chi connectivity index (χ1v) is 9.70. The van der Waals surface area contributed by atoms with Crippen molar-refractivity contribution in [3.63, 3.8) is 0 Å². The molecule has 1 N–H and O–H groups in total. The molecular formula is C23H36O2. The normalized spacial score (nSPS) is 14.0. The summed E-state index contributed by atoms with van der Waals surface area (Å²) < 4.78 is 0. The fourth-order valence-electron chi connectivity index (χ4n) is 2.35. The molecule has 0 fully saturated rings. The summed E-state index contributed by atoms with van der Waals surface area (Å²) in [7, 11) is 0. The molecule has 0 heterocycles. The van der Waals surface area contributed by atoms with Gasteiger partial charge < -0.3 is 5.11 Å². The first kappa shape index (κ1) is 23.2. The molecule has 0 spiro atoms. The number of rotatable bonds is 15. The van der Waals surface area contributed by atoms with Crippen molar-refractivity contribution in [1.82, 2.24) is 0 Å². The molecule has 0 bridgehead atoms. The number of unbranched alkanes of at least 4 members (excludes halogenated alkanes) is 1. The van der Waals surface area contributed by atoms with Crippen molar-refractivity contribution in [2.45, 2.75) is 71.6 Å². The fraction of sp³-hybridized carbons (Fsp3) is 0.522. The van der Waals surface area contributed by atoms with E-state index >= 15 is 0 Å². The highest BCUT2D eigenvalue weighted by Gasteiger charge is 2.13. The Labute approximate surface area is 154 Å². The van der Waals surface area contributed by atoms with Gasteiger partial charge in [-0.3, -0.25) is 4.79 Å². The molecule has 0 radical (unpaired) electrons. The average Bonchev–Trinajstić information content (AvgIpc) is 2.60. The van der Waals surface area contributed by atoms with Crippen LogP contribution in [0.15, 0.2) is 60.8 Å². The van der Waals surface area contributed by atoms with E-state index in [-0.39, 0.29) is 5.92 Å². The number of carbonyl (C=O) groups is 1. The van der Waals surface area contributed by atoms with E-state index in [2.05, 4.69) is 67.7 Å². The van der Waals surface area contributed by atoms with Crippen LogP contribution in [0.5, 0.6) is 0 Å². The van der Waals surface area contributed by atoms with Crippen LogP contribution in [0.1, 0.15) is 71.6 Å². The predicted molar refractivity (Wildman–Crippen MR) is 110 cm³/mol. The molecule has 0 aromatic heterocycles. The van der Waals surface area contributed by atoms with E-state index in [0.717, 1.165) is 57.8 Å². The van der Waals surface area contributed by atoms with Gasteiger partial charge in [0, 0.05) is 0 Å². The molecule has 0 aliphatic heterocycles. The van der Waals surface area contributed by atoms with Gasteiger partial charge in [0.1, 0.15) is 0 Å². The monoisotopic (exact) mass is 344 g/mol. The summed E-state index contributed by atoms with van der Waals surface area (Å²) in [4.78, 5) is 10.9. The third kappa shape index (κ3) is 16.8. The van der Waals surface area contributed by atoms with Crippen molar-refractivity contribution >= 4 is 5.97 Å². The van der Waals surface area contributed by atoms with Gasteiger partial charge in [-0.2, -0.15) is 0 Å². The standard InChI is InChI=1S/C23H36O2/c1-3-5-6-7-8-9-10-11-12-13-14-15-16-17-18-19-20-21-22(4-2)23(24)25/h5-6,8-9,11-12,14-15,17-18,22H,3-4,7,10,13,16,19-21H2,1-2H3,(H,24,25). The lowest BCUT2D eigenvalue weighted by molar-refractivity contribution is -0.142. The maximum absolute atomic E-state index is 10.9. The second kappa shape index (κ2) is 18.5. The minimum absolute atomic E-state index is 0.178. The van der Waals surface area contributed by atoms with Crippen molar-refractivity contribution in [3.05, 3.63) is 60.8 Å². The van der Waals surface area contributed by atoms with Crippen LogP contribution in [0.4, 0.5) is 0 Å². The molecule has 0 aromatic carbocycles. The predicted octanol–water partition coefficient (Wildman–Crippen LogP) is 7.02. The van der Waals surface area contributed by atoms with Gasteiger partial charge in [-0.1, -0.05) is 74.6 Å². The van der Waals surface area contributed by atoms with Gasteiger partial charge >= 0.3 is 5.97 Å². The van der Waals surface area contributed by atoms with E-state index in [9.17, 15) is 4.79 Å². The zero-order valence-corrected chi connectivity index (χ0v) is 16.1. The van der Waals surface area contributed by atoms with Crippen LogP contribution in [0, 0.1) is 5.92 Å². The zero-order valence-electron chi connectivity index (χ0n) is 16.1. The zero-order chi connectivity index (χ0) is 18.6. The van der Waals surface area contributed by atoms with Crippen molar-refractivity contribution in [3.8, 4) is 0 Å². The second-order valence-corrected chi connectivity index (χ2v) is 6.08. The third-order valence-corrected chi connectivity index (χ3v) is 3.92. The summed E-state index contributed by atoms with van der Waals surface area (Å²) in [6.07, 6.45) is 30.4. The summed E-state index contributed by atoms with van der Waals surface area (Å²) in [6.45, 7) is 4.09. The summed E-state index contributed by atoms with van der Waals surface area (Å²) in [5.41, 5.74) is 0. The van der Waals surface area contributed by atoms with Gasteiger partial charge in [0.05, 0.1) is 5.92 Å². The molecule has 2 nitrogen and oxygen atoms in total. The molecule has 0 saturated carbocycles. The highest BCUT2D eigenvalue weighted by atomic mass is 16.4. The fourth-order valence-corrected chi connectivity index (χ4v) is 2.35. The van der Waals surface area contributed by atoms with Crippen molar-refractivity contribution in [2.75, 3.05) is 0 Å². The summed E-state index contributed by atoms with van der Waals surface area (Å²) in [6, 6.07) is 0. The molecule has 0 rings (SSSR count). The average molecular weight is 345 g/mol. The van der Waals surface area contributed by atoms with Crippen molar-refractivity contribution in [2.24, 2.45) is 5.92 Å². The van der Waals surface area contributed by atoms with E-state index in [0.29, 0.717) is 0 Å². The SMILES string of the molecule is CCC=CCC=CCC=CCC=CCC=CCCCC(CC)C(=O)O. The van der Waals surface area contributed by atoms with Crippen LogP contribution in [0.3, 0.4) is 0 Å². The topological polar surface area (TPSA) is 37.3 Å². The largest absolute Gasteiger partial charge is 0.481 e. The first-order valence-electron chi connectivity index (χ1n) is 9.70. The molecule has 0 aliphatic rings. The molecule has 1 unspecified atom stereocenters. The molecule has 0 aliphatic carbocycles. The highest BCUT2D eigenvalue weighted by Crippen LogP contribution is 2.12. The number of hydrogen-bond acceptors (Lipinski definition) is 1. The Balaban J connectivity index is 3.57. The summed E-state index contributed by atoms with van der Waals surface area (Å²) >= 11 is 0. The minimum atomic E-state index is -0.661. The Kier molecular flexibility index (Phi) is 17.2. The third-order valence-electron chi connectivity index (χ3n) is 3.92. The van der Waals surface area contributed by atoms with Crippen LogP contribution in [-0.4, -0.2) is 11.1 Å². The molecule has 25 heavy (non-hydrogen) atoms. The van der Waals surface area contributed by atoms with Gasteiger partial charge in [-0.05, 0) is 57.8 Å². The first-order chi connectivity index (χ1) is 12.2. The molecule has 0 aromatic rings. The van der Waals surface area contributed by atoms with Gasteiger partial charge in [-0.15, -0.1) is 0 Å². The van der Waals surface area contributed by atoms with E-state index in [1.807, 2.05) is 6.92 Å². The number of carboxylic acids is 1. The van der Waals surface area contributed by atoms with Crippen molar-refractivity contribution in [1.29, 1.82) is 0 Å². The van der Waals surface area contributed by atoms with E-state index in [4.69, 9.17) is 5.11 Å². The van der Waals surface area contributed by atoms with Crippen LogP contribution in [0.25, 0.3) is 0 Å². The summed E-state index contributed by atoms with van der Waals surface area (Å²) in [5.74, 6) is -0.839. The lowest BCUT2D eigenvalue weighted by atomic mass is 9.99. The molecule has 0 saturated heterocycles. The minimum Gasteiger partial charge on any atom is -0.481 e. The van der Waals surface area contributed by atoms with E-state index in [1.54, 1.807) is 0 Å². The Morgan fingerprint density at radius 3 is 1.60 bits per heavy atom. The Morgan fingerprint density at radius 1 is 0.760 bits per heavy atom. The van der Waals surface area contributed by atoms with Crippen LogP contribution < -0.4 is 0 Å². The van der Waals surface area contributed by atoms with Crippen LogP contribution in [-0.2, 0) is 4.79 Å². The second-order valence-electron chi connectivity index (χ2n) is 6.08.